The largest absolute Gasteiger partial charge is 0.508 e. The highest BCUT2D eigenvalue weighted by Gasteiger charge is 2.18. The van der Waals surface area contributed by atoms with Gasteiger partial charge in [-0.05, 0) is 49.5 Å². The predicted octanol–water partition coefficient (Wildman–Crippen LogP) is 1.56. The van der Waals surface area contributed by atoms with E-state index in [4.69, 9.17) is 5.73 Å². The van der Waals surface area contributed by atoms with Gasteiger partial charge >= 0.3 is 0 Å². The molecule has 1 fully saturated rings. The molecule has 0 radical (unpaired) electrons. The van der Waals surface area contributed by atoms with E-state index in [1.54, 1.807) is 6.07 Å². The van der Waals surface area contributed by atoms with Crippen LogP contribution in [0.1, 0.15) is 18.4 Å². The molecular formula is C13H20N2O. The highest BCUT2D eigenvalue weighted by molar-refractivity contribution is 5.27. The summed E-state index contributed by atoms with van der Waals surface area (Å²) in [6, 6.07) is 7.51. The van der Waals surface area contributed by atoms with Gasteiger partial charge in [0, 0.05) is 13.1 Å². The van der Waals surface area contributed by atoms with E-state index in [9.17, 15) is 5.11 Å². The third-order valence-electron chi connectivity index (χ3n) is 3.25. The van der Waals surface area contributed by atoms with Crippen molar-refractivity contribution in [2.75, 3.05) is 19.6 Å². The predicted molar refractivity (Wildman–Crippen MR) is 65.2 cm³/mol. The number of rotatable bonds is 3. The van der Waals surface area contributed by atoms with Crippen LogP contribution in [0.25, 0.3) is 0 Å². The van der Waals surface area contributed by atoms with E-state index in [2.05, 4.69) is 11.0 Å². The Balaban J connectivity index is 1.94. The van der Waals surface area contributed by atoms with Crippen LogP contribution in [-0.2, 0) is 6.54 Å². The van der Waals surface area contributed by atoms with Crippen LogP contribution >= 0.6 is 0 Å². The van der Waals surface area contributed by atoms with Gasteiger partial charge in [-0.3, -0.25) is 4.90 Å². The quantitative estimate of drug-likeness (QED) is 0.813. The lowest BCUT2D eigenvalue weighted by Crippen LogP contribution is -2.37. The van der Waals surface area contributed by atoms with E-state index in [1.165, 1.54) is 18.4 Å². The molecule has 0 amide bonds. The fourth-order valence-corrected chi connectivity index (χ4v) is 2.40. The van der Waals surface area contributed by atoms with Gasteiger partial charge < -0.3 is 10.8 Å². The van der Waals surface area contributed by atoms with Gasteiger partial charge in [0.1, 0.15) is 5.75 Å². The normalized spacial score (nSPS) is 22.2. The van der Waals surface area contributed by atoms with Crippen molar-refractivity contribution in [1.29, 1.82) is 0 Å². The lowest BCUT2D eigenvalue weighted by atomic mass is 9.98. The topological polar surface area (TPSA) is 49.5 Å². The van der Waals surface area contributed by atoms with Crippen LogP contribution in [0.5, 0.6) is 5.75 Å². The van der Waals surface area contributed by atoms with E-state index in [0.29, 0.717) is 11.7 Å². The summed E-state index contributed by atoms with van der Waals surface area (Å²) in [6.45, 7) is 3.94. The molecular weight excluding hydrogens is 200 g/mol. The van der Waals surface area contributed by atoms with E-state index in [0.717, 1.165) is 26.2 Å². The number of phenolic OH excluding ortho intramolecular Hbond substituents is 1. The van der Waals surface area contributed by atoms with Crippen molar-refractivity contribution in [1.82, 2.24) is 4.90 Å². The average Bonchev–Trinajstić information content (AvgIpc) is 2.29. The van der Waals surface area contributed by atoms with Gasteiger partial charge in [0.2, 0.25) is 0 Å². The van der Waals surface area contributed by atoms with Gasteiger partial charge in [-0.2, -0.15) is 0 Å². The molecule has 2 rings (SSSR count). The summed E-state index contributed by atoms with van der Waals surface area (Å²) in [5.74, 6) is 0.996. The molecule has 1 aliphatic rings. The standard InChI is InChI=1S/C13H20N2O/c14-8-12-4-2-6-15(10-12)9-11-3-1-5-13(16)7-11/h1,3,5,7,12,16H,2,4,6,8-10,14H2. The van der Waals surface area contributed by atoms with Gasteiger partial charge in [0.05, 0.1) is 0 Å². The molecule has 1 aromatic carbocycles. The number of piperidine rings is 1. The smallest absolute Gasteiger partial charge is 0.115 e. The van der Waals surface area contributed by atoms with E-state index >= 15 is 0 Å². The number of phenols is 1. The Labute approximate surface area is 96.9 Å². The van der Waals surface area contributed by atoms with Crippen molar-refractivity contribution in [3.05, 3.63) is 29.8 Å². The minimum absolute atomic E-state index is 0.352. The molecule has 0 saturated carbocycles. The maximum atomic E-state index is 9.40. The number of likely N-dealkylation sites (tertiary alicyclic amines) is 1. The van der Waals surface area contributed by atoms with Crippen molar-refractivity contribution < 1.29 is 5.11 Å². The van der Waals surface area contributed by atoms with E-state index in [1.807, 2.05) is 12.1 Å². The monoisotopic (exact) mass is 220 g/mol. The first-order chi connectivity index (χ1) is 7.78. The zero-order valence-electron chi connectivity index (χ0n) is 9.60. The van der Waals surface area contributed by atoms with Crippen molar-refractivity contribution in [2.45, 2.75) is 19.4 Å². The molecule has 88 valence electrons. The molecule has 1 saturated heterocycles. The molecule has 0 aromatic heterocycles. The SMILES string of the molecule is NCC1CCCN(Cc2cccc(O)c2)C1. The number of hydrogen-bond donors (Lipinski definition) is 2. The second-order valence-electron chi connectivity index (χ2n) is 4.65. The average molecular weight is 220 g/mol. The summed E-state index contributed by atoms with van der Waals surface area (Å²) in [7, 11) is 0. The Hall–Kier alpha value is -1.06. The third kappa shape index (κ3) is 2.97. The molecule has 0 aliphatic carbocycles. The third-order valence-corrected chi connectivity index (χ3v) is 3.25. The highest BCUT2D eigenvalue weighted by atomic mass is 16.3. The Morgan fingerprint density at radius 1 is 1.44 bits per heavy atom. The number of aromatic hydroxyl groups is 1. The van der Waals surface area contributed by atoms with Crippen LogP contribution in [0, 0.1) is 5.92 Å². The summed E-state index contributed by atoms with van der Waals surface area (Å²) in [5.41, 5.74) is 6.89. The summed E-state index contributed by atoms with van der Waals surface area (Å²) in [6.07, 6.45) is 2.49. The lowest BCUT2D eigenvalue weighted by Gasteiger charge is -2.32. The van der Waals surface area contributed by atoms with Crippen molar-refractivity contribution in [2.24, 2.45) is 11.7 Å². The Morgan fingerprint density at radius 2 is 2.31 bits per heavy atom. The molecule has 1 heterocycles. The fourth-order valence-electron chi connectivity index (χ4n) is 2.40. The molecule has 1 unspecified atom stereocenters. The van der Waals surface area contributed by atoms with Crippen molar-refractivity contribution >= 4 is 0 Å². The first kappa shape index (κ1) is 11.4. The molecule has 1 atom stereocenters. The maximum absolute atomic E-state index is 9.40. The van der Waals surface area contributed by atoms with Crippen LogP contribution in [0.15, 0.2) is 24.3 Å². The van der Waals surface area contributed by atoms with Gasteiger partial charge in [-0.1, -0.05) is 12.1 Å². The summed E-state index contributed by atoms with van der Waals surface area (Å²) in [4.78, 5) is 2.43. The lowest BCUT2D eigenvalue weighted by molar-refractivity contribution is 0.171. The molecule has 16 heavy (non-hydrogen) atoms. The van der Waals surface area contributed by atoms with Crippen LogP contribution < -0.4 is 5.73 Å². The van der Waals surface area contributed by atoms with Crippen LogP contribution in [-0.4, -0.2) is 29.6 Å². The zero-order valence-corrected chi connectivity index (χ0v) is 9.60. The van der Waals surface area contributed by atoms with Crippen molar-refractivity contribution in [3.63, 3.8) is 0 Å². The highest BCUT2D eigenvalue weighted by Crippen LogP contribution is 2.19. The zero-order chi connectivity index (χ0) is 11.4. The number of nitrogens with two attached hydrogens (primary N) is 1. The van der Waals surface area contributed by atoms with Gasteiger partial charge in [-0.15, -0.1) is 0 Å². The minimum Gasteiger partial charge on any atom is -0.508 e. The number of hydrogen-bond acceptors (Lipinski definition) is 3. The van der Waals surface area contributed by atoms with Crippen LogP contribution in [0.4, 0.5) is 0 Å². The first-order valence-corrected chi connectivity index (χ1v) is 5.98. The number of benzene rings is 1. The summed E-state index contributed by atoms with van der Waals surface area (Å²) in [5, 5.41) is 9.40. The molecule has 3 nitrogen and oxygen atoms in total. The first-order valence-electron chi connectivity index (χ1n) is 5.98. The van der Waals surface area contributed by atoms with Crippen LogP contribution in [0.2, 0.25) is 0 Å². The molecule has 1 aromatic rings. The molecule has 3 heteroatoms. The molecule has 0 bridgehead atoms. The van der Waals surface area contributed by atoms with Gasteiger partial charge in [0.15, 0.2) is 0 Å². The molecule has 3 N–H and O–H groups in total. The fraction of sp³-hybridized carbons (Fsp3) is 0.538. The van der Waals surface area contributed by atoms with E-state index in [-0.39, 0.29) is 0 Å². The van der Waals surface area contributed by atoms with Gasteiger partial charge in [-0.25, -0.2) is 0 Å². The second-order valence-corrected chi connectivity index (χ2v) is 4.65. The Morgan fingerprint density at radius 3 is 3.06 bits per heavy atom. The number of nitrogens with zero attached hydrogens (tertiary/aromatic N) is 1. The van der Waals surface area contributed by atoms with Crippen LogP contribution in [0.3, 0.4) is 0 Å². The minimum atomic E-state index is 0.352. The molecule has 1 aliphatic heterocycles. The Bertz CT molecular complexity index is 340. The molecule has 0 spiro atoms. The van der Waals surface area contributed by atoms with Gasteiger partial charge in [0.25, 0.3) is 0 Å². The summed E-state index contributed by atoms with van der Waals surface area (Å²) < 4.78 is 0. The van der Waals surface area contributed by atoms with E-state index < -0.39 is 0 Å². The second kappa shape index (κ2) is 5.32. The Kier molecular flexibility index (Phi) is 3.80. The van der Waals surface area contributed by atoms with Crippen molar-refractivity contribution in [3.8, 4) is 5.75 Å². The maximum Gasteiger partial charge on any atom is 0.115 e. The summed E-state index contributed by atoms with van der Waals surface area (Å²) >= 11 is 0.